The van der Waals surface area contributed by atoms with Crippen molar-refractivity contribution in [3.05, 3.63) is 93.1 Å². The fraction of sp³-hybridized carbons (Fsp3) is 0.385. The number of likely N-dealkylation sites (tertiary alicyclic amines) is 1. The van der Waals surface area contributed by atoms with E-state index < -0.39 is 0 Å². The standard InChI is InChI=1S/C26H30ClN3O2/c27-23-9-10-24(28-18-23)20-32-25-12-16-30(26(31)17-25)15-11-21-5-7-22(8-6-21)19-29-13-3-1-2-4-14-29/h5-10,12,16-18H,1-4,11,13-15,19-20H2. The Hall–Kier alpha value is -2.63. The molecule has 1 aliphatic rings. The van der Waals surface area contributed by atoms with E-state index in [2.05, 4.69) is 34.1 Å². The van der Waals surface area contributed by atoms with Crippen LogP contribution in [0.2, 0.25) is 5.02 Å². The average molecular weight is 452 g/mol. The lowest BCUT2D eigenvalue weighted by atomic mass is 10.1. The number of aryl methyl sites for hydroxylation is 2. The molecule has 0 saturated carbocycles. The zero-order valence-electron chi connectivity index (χ0n) is 18.4. The maximum atomic E-state index is 12.5. The molecule has 168 valence electrons. The van der Waals surface area contributed by atoms with Crippen LogP contribution >= 0.6 is 11.6 Å². The molecule has 0 amide bonds. The minimum atomic E-state index is -0.0654. The van der Waals surface area contributed by atoms with Gasteiger partial charge in [0, 0.05) is 31.5 Å². The van der Waals surface area contributed by atoms with Gasteiger partial charge in [-0.2, -0.15) is 0 Å². The number of hydrogen-bond donors (Lipinski definition) is 0. The molecular weight excluding hydrogens is 422 g/mol. The SMILES string of the molecule is O=c1cc(OCc2ccc(Cl)cn2)ccn1CCc1ccc(CN2CCCCCC2)cc1. The van der Waals surface area contributed by atoms with Crippen molar-refractivity contribution in [3.63, 3.8) is 0 Å². The monoisotopic (exact) mass is 451 g/mol. The van der Waals surface area contributed by atoms with Gasteiger partial charge in [-0.15, -0.1) is 0 Å². The molecule has 3 heterocycles. The van der Waals surface area contributed by atoms with Crippen LogP contribution in [0.5, 0.6) is 5.75 Å². The van der Waals surface area contributed by atoms with Crippen LogP contribution < -0.4 is 10.3 Å². The summed E-state index contributed by atoms with van der Waals surface area (Å²) in [7, 11) is 0. The smallest absolute Gasteiger partial charge is 0.254 e. The third-order valence-corrected chi connectivity index (χ3v) is 6.14. The first-order valence-electron chi connectivity index (χ1n) is 11.4. The molecule has 0 radical (unpaired) electrons. The van der Waals surface area contributed by atoms with Crippen LogP contribution in [0.3, 0.4) is 0 Å². The Balaban J connectivity index is 1.27. The summed E-state index contributed by atoms with van der Waals surface area (Å²) in [6.07, 6.45) is 9.55. The molecule has 4 rings (SSSR count). The second-order valence-corrected chi connectivity index (χ2v) is 8.84. The molecule has 1 aliphatic heterocycles. The molecule has 3 aromatic rings. The van der Waals surface area contributed by atoms with E-state index in [9.17, 15) is 4.79 Å². The van der Waals surface area contributed by atoms with Crippen LogP contribution in [0.25, 0.3) is 0 Å². The van der Waals surface area contributed by atoms with Crippen molar-refractivity contribution >= 4 is 11.6 Å². The summed E-state index contributed by atoms with van der Waals surface area (Å²) in [4.78, 5) is 19.2. The van der Waals surface area contributed by atoms with E-state index in [0.29, 0.717) is 23.9 Å². The van der Waals surface area contributed by atoms with Crippen LogP contribution in [-0.2, 0) is 26.1 Å². The van der Waals surface area contributed by atoms with Crippen LogP contribution in [0.15, 0.2) is 65.7 Å². The van der Waals surface area contributed by atoms with Gasteiger partial charge >= 0.3 is 0 Å². The Kier molecular flexibility index (Phi) is 7.97. The van der Waals surface area contributed by atoms with Gasteiger partial charge in [-0.05, 0) is 61.7 Å². The molecule has 5 nitrogen and oxygen atoms in total. The van der Waals surface area contributed by atoms with Gasteiger partial charge in [0.1, 0.15) is 12.4 Å². The molecule has 32 heavy (non-hydrogen) atoms. The lowest BCUT2D eigenvalue weighted by Gasteiger charge is -2.19. The molecule has 2 aromatic heterocycles. The van der Waals surface area contributed by atoms with E-state index >= 15 is 0 Å². The summed E-state index contributed by atoms with van der Waals surface area (Å²) in [6, 6.07) is 15.8. The molecule has 6 heteroatoms. The quantitative estimate of drug-likeness (QED) is 0.478. The Bertz CT molecular complexity index is 1040. The normalized spacial score (nSPS) is 14.8. The summed E-state index contributed by atoms with van der Waals surface area (Å²) in [6.45, 7) is 4.39. The predicted octanol–water partition coefficient (Wildman–Crippen LogP) is 5.09. The number of aromatic nitrogens is 2. The average Bonchev–Trinajstić information content (AvgIpc) is 3.08. The Morgan fingerprint density at radius 2 is 1.69 bits per heavy atom. The van der Waals surface area contributed by atoms with Crippen molar-refractivity contribution in [3.8, 4) is 5.75 Å². The number of nitrogens with zero attached hydrogens (tertiary/aromatic N) is 3. The number of ether oxygens (including phenoxy) is 1. The van der Waals surface area contributed by atoms with Gasteiger partial charge in [-0.1, -0.05) is 48.7 Å². The van der Waals surface area contributed by atoms with Gasteiger partial charge in [0.15, 0.2) is 0 Å². The molecule has 1 saturated heterocycles. The molecule has 0 unspecified atom stereocenters. The molecule has 0 N–H and O–H groups in total. The van der Waals surface area contributed by atoms with Crippen molar-refractivity contribution in [2.75, 3.05) is 13.1 Å². The third-order valence-electron chi connectivity index (χ3n) is 5.91. The Labute approximate surface area is 194 Å². The van der Waals surface area contributed by atoms with E-state index in [-0.39, 0.29) is 5.56 Å². The van der Waals surface area contributed by atoms with Crippen molar-refractivity contribution in [2.24, 2.45) is 0 Å². The second-order valence-electron chi connectivity index (χ2n) is 8.41. The number of benzene rings is 1. The van der Waals surface area contributed by atoms with Crippen molar-refractivity contribution < 1.29 is 4.74 Å². The summed E-state index contributed by atoms with van der Waals surface area (Å²) >= 11 is 5.84. The zero-order chi connectivity index (χ0) is 22.2. The highest BCUT2D eigenvalue weighted by atomic mass is 35.5. The number of rotatable bonds is 8. The molecule has 0 aliphatic carbocycles. The second kappa shape index (κ2) is 11.3. The minimum absolute atomic E-state index is 0.0654. The minimum Gasteiger partial charge on any atom is -0.487 e. The molecule has 0 spiro atoms. The van der Waals surface area contributed by atoms with E-state index in [1.54, 1.807) is 23.0 Å². The first kappa shape index (κ1) is 22.6. The fourth-order valence-corrected chi connectivity index (χ4v) is 4.14. The molecule has 0 atom stereocenters. The molecular formula is C26H30ClN3O2. The van der Waals surface area contributed by atoms with E-state index in [0.717, 1.165) is 18.7 Å². The van der Waals surface area contributed by atoms with Gasteiger partial charge in [0.2, 0.25) is 0 Å². The van der Waals surface area contributed by atoms with Gasteiger partial charge in [-0.3, -0.25) is 14.7 Å². The topological polar surface area (TPSA) is 47.4 Å². The maximum Gasteiger partial charge on any atom is 0.254 e. The highest BCUT2D eigenvalue weighted by Gasteiger charge is 2.09. The van der Waals surface area contributed by atoms with Crippen molar-refractivity contribution in [1.82, 2.24) is 14.5 Å². The van der Waals surface area contributed by atoms with Gasteiger partial charge < -0.3 is 9.30 Å². The molecule has 1 aromatic carbocycles. The fourth-order valence-electron chi connectivity index (χ4n) is 4.03. The van der Waals surface area contributed by atoms with Crippen LogP contribution in [0.4, 0.5) is 0 Å². The number of halogens is 1. The maximum absolute atomic E-state index is 12.5. The summed E-state index contributed by atoms with van der Waals surface area (Å²) in [5.41, 5.74) is 3.30. The first-order valence-corrected chi connectivity index (χ1v) is 11.8. The Morgan fingerprint density at radius 3 is 2.38 bits per heavy atom. The Morgan fingerprint density at radius 1 is 0.938 bits per heavy atom. The van der Waals surface area contributed by atoms with Crippen molar-refractivity contribution in [1.29, 1.82) is 0 Å². The van der Waals surface area contributed by atoms with E-state index in [4.69, 9.17) is 16.3 Å². The van der Waals surface area contributed by atoms with Crippen LogP contribution in [-0.4, -0.2) is 27.5 Å². The highest BCUT2D eigenvalue weighted by Crippen LogP contribution is 2.15. The number of hydrogen-bond acceptors (Lipinski definition) is 4. The van der Waals surface area contributed by atoms with Crippen molar-refractivity contribution in [2.45, 2.75) is 51.8 Å². The van der Waals surface area contributed by atoms with Crippen LogP contribution in [0.1, 0.15) is 42.5 Å². The van der Waals surface area contributed by atoms with Gasteiger partial charge in [0.05, 0.1) is 10.7 Å². The van der Waals surface area contributed by atoms with E-state index in [1.807, 2.05) is 12.1 Å². The molecule has 0 bridgehead atoms. The van der Waals surface area contributed by atoms with Gasteiger partial charge in [0.25, 0.3) is 5.56 Å². The predicted molar refractivity (Wildman–Crippen MR) is 128 cm³/mol. The largest absolute Gasteiger partial charge is 0.487 e. The van der Waals surface area contributed by atoms with E-state index in [1.165, 1.54) is 56.0 Å². The van der Waals surface area contributed by atoms with Crippen LogP contribution in [0, 0.1) is 0 Å². The van der Waals surface area contributed by atoms with Gasteiger partial charge in [-0.25, -0.2) is 0 Å². The third kappa shape index (κ3) is 6.68. The molecule has 1 fully saturated rings. The summed E-state index contributed by atoms with van der Waals surface area (Å²) < 4.78 is 7.41. The first-order chi connectivity index (χ1) is 15.7. The lowest BCUT2D eigenvalue weighted by molar-refractivity contribution is 0.277. The summed E-state index contributed by atoms with van der Waals surface area (Å²) in [5, 5.41) is 0.586. The zero-order valence-corrected chi connectivity index (χ0v) is 19.1. The lowest BCUT2D eigenvalue weighted by Crippen LogP contribution is -2.23. The number of pyridine rings is 2. The highest BCUT2D eigenvalue weighted by molar-refractivity contribution is 6.30. The summed E-state index contributed by atoms with van der Waals surface area (Å²) in [5.74, 6) is 0.542.